The molecule has 0 bridgehead atoms. The van der Waals surface area contributed by atoms with Gasteiger partial charge in [0.2, 0.25) is 10.0 Å². The Hall–Kier alpha value is -1.72. The molecule has 0 aromatic heterocycles. The molecule has 1 aliphatic carbocycles. The van der Waals surface area contributed by atoms with Gasteiger partial charge >= 0.3 is 0 Å². The minimum absolute atomic E-state index is 0.153. The van der Waals surface area contributed by atoms with Crippen LogP contribution in [0.3, 0.4) is 0 Å². The predicted molar refractivity (Wildman–Crippen MR) is 88.2 cm³/mol. The first-order valence-corrected chi connectivity index (χ1v) is 9.30. The summed E-state index contributed by atoms with van der Waals surface area (Å²) in [5.74, 6) is -0.286. The number of halogens is 1. The number of sulfonamides is 1. The second kappa shape index (κ2) is 6.42. The van der Waals surface area contributed by atoms with Crippen LogP contribution in [0.5, 0.6) is 0 Å². The maximum absolute atomic E-state index is 13.3. The average molecular weight is 333 g/mol. The maximum Gasteiger partial charge on any atom is 0.240 e. The molecule has 5 heteroatoms. The molecule has 0 aliphatic heterocycles. The Morgan fingerprint density at radius 1 is 1.04 bits per heavy atom. The standard InChI is InChI=1S/C18H20FNO2S/c1-13-10-14(6-9-18(13)19)12-20-23(21,22)17-8-7-15-4-2-3-5-16(15)11-17/h6-11,20H,2-5,12H2,1H3. The Morgan fingerprint density at radius 3 is 2.52 bits per heavy atom. The van der Waals surface area contributed by atoms with Crippen molar-refractivity contribution < 1.29 is 12.8 Å². The Labute approximate surface area is 136 Å². The van der Waals surface area contributed by atoms with E-state index in [1.165, 1.54) is 18.1 Å². The number of hydrogen-bond donors (Lipinski definition) is 1. The molecule has 2 aromatic rings. The molecule has 0 spiro atoms. The SMILES string of the molecule is Cc1cc(CNS(=O)(=O)c2ccc3c(c2)CCCC3)ccc1F. The third-order valence-electron chi connectivity index (χ3n) is 4.32. The van der Waals surface area contributed by atoms with Crippen molar-refractivity contribution in [3.8, 4) is 0 Å². The lowest BCUT2D eigenvalue weighted by Crippen LogP contribution is -2.23. The van der Waals surface area contributed by atoms with Crippen LogP contribution < -0.4 is 4.72 Å². The highest BCUT2D eigenvalue weighted by molar-refractivity contribution is 7.89. The van der Waals surface area contributed by atoms with E-state index in [2.05, 4.69) is 4.72 Å². The van der Waals surface area contributed by atoms with E-state index >= 15 is 0 Å². The summed E-state index contributed by atoms with van der Waals surface area (Å²) in [6, 6.07) is 9.99. The molecule has 2 aromatic carbocycles. The van der Waals surface area contributed by atoms with Gasteiger partial charge in [-0.1, -0.05) is 18.2 Å². The van der Waals surface area contributed by atoms with Gasteiger partial charge in [0.1, 0.15) is 5.82 Å². The summed E-state index contributed by atoms with van der Waals surface area (Å²) in [7, 11) is -3.56. The molecule has 0 amide bonds. The van der Waals surface area contributed by atoms with Crippen molar-refractivity contribution in [3.05, 3.63) is 64.5 Å². The van der Waals surface area contributed by atoms with Crippen LogP contribution in [0.25, 0.3) is 0 Å². The highest BCUT2D eigenvalue weighted by atomic mass is 32.2. The largest absolute Gasteiger partial charge is 0.240 e. The molecule has 122 valence electrons. The van der Waals surface area contributed by atoms with Gasteiger partial charge in [-0.25, -0.2) is 17.5 Å². The third-order valence-corrected chi connectivity index (χ3v) is 5.72. The zero-order valence-corrected chi connectivity index (χ0v) is 13.9. The molecule has 1 aliphatic rings. The highest BCUT2D eigenvalue weighted by Gasteiger charge is 2.17. The molecule has 0 unspecified atom stereocenters. The quantitative estimate of drug-likeness (QED) is 0.931. The van der Waals surface area contributed by atoms with Crippen LogP contribution in [0, 0.1) is 12.7 Å². The molecular formula is C18H20FNO2S. The Morgan fingerprint density at radius 2 is 1.78 bits per heavy atom. The van der Waals surface area contributed by atoms with E-state index in [0.717, 1.165) is 30.4 Å². The van der Waals surface area contributed by atoms with Crippen molar-refractivity contribution >= 4 is 10.0 Å². The van der Waals surface area contributed by atoms with Gasteiger partial charge in [0.05, 0.1) is 4.90 Å². The summed E-state index contributed by atoms with van der Waals surface area (Å²) in [5, 5.41) is 0. The summed E-state index contributed by atoms with van der Waals surface area (Å²) in [5.41, 5.74) is 3.64. The number of rotatable bonds is 4. The number of fused-ring (bicyclic) bond motifs is 1. The smallest absolute Gasteiger partial charge is 0.207 e. The van der Waals surface area contributed by atoms with Crippen LogP contribution in [0.4, 0.5) is 4.39 Å². The van der Waals surface area contributed by atoms with E-state index in [1.54, 1.807) is 31.2 Å². The molecule has 0 atom stereocenters. The van der Waals surface area contributed by atoms with Gasteiger partial charge in [-0.3, -0.25) is 0 Å². The summed E-state index contributed by atoms with van der Waals surface area (Å²) in [4.78, 5) is 0.303. The second-order valence-corrected chi connectivity index (χ2v) is 7.81. The van der Waals surface area contributed by atoms with E-state index in [-0.39, 0.29) is 12.4 Å². The molecule has 3 nitrogen and oxygen atoms in total. The Balaban J connectivity index is 1.77. The first-order chi connectivity index (χ1) is 11.0. The van der Waals surface area contributed by atoms with Gasteiger partial charge in [0, 0.05) is 6.54 Å². The van der Waals surface area contributed by atoms with Crippen molar-refractivity contribution in [2.75, 3.05) is 0 Å². The summed E-state index contributed by atoms with van der Waals surface area (Å²) >= 11 is 0. The van der Waals surface area contributed by atoms with Crippen molar-refractivity contribution in [2.24, 2.45) is 0 Å². The average Bonchev–Trinajstić information content (AvgIpc) is 2.55. The van der Waals surface area contributed by atoms with Gasteiger partial charge in [0.25, 0.3) is 0 Å². The maximum atomic E-state index is 13.3. The minimum atomic E-state index is -3.56. The third kappa shape index (κ3) is 3.62. The van der Waals surface area contributed by atoms with Crippen molar-refractivity contribution in [1.29, 1.82) is 0 Å². The topological polar surface area (TPSA) is 46.2 Å². The van der Waals surface area contributed by atoms with Crippen LogP contribution in [0.2, 0.25) is 0 Å². The zero-order valence-electron chi connectivity index (χ0n) is 13.1. The molecular weight excluding hydrogens is 313 g/mol. The van der Waals surface area contributed by atoms with Gasteiger partial charge < -0.3 is 0 Å². The fourth-order valence-corrected chi connectivity index (χ4v) is 4.02. The summed E-state index contributed by atoms with van der Waals surface area (Å²) in [6.45, 7) is 1.82. The normalized spacial score (nSPS) is 14.5. The number of nitrogens with one attached hydrogen (secondary N) is 1. The van der Waals surface area contributed by atoms with Crippen LogP contribution >= 0.6 is 0 Å². The monoisotopic (exact) mass is 333 g/mol. The van der Waals surface area contributed by atoms with Gasteiger partial charge in [-0.05, 0) is 73.1 Å². The Bertz CT molecular complexity index is 831. The van der Waals surface area contributed by atoms with E-state index < -0.39 is 10.0 Å². The lowest BCUT2D eigenvalue weighted by atomic mass is 9.92. The Kier molecular flexibility index (Phi) is 4.50. The number of aryl methyl sites for hydroxylation is 3. The molecule has 1 N–H and O–H groups in total. The fraction of sp³-hybridized carbons (Fsp3) is 0.333. The van der Waals surface area contributed by atoms with E-state index in [0.29, 0.717) is 10.5 Å². The first-order valence-electron chi connectivity index (χ1n) is 7.82. The van der Waals surface area contributed by atoms with Crippen LogP contribution in [0.1, 0.15) is 35.1 Å². The molecule has 0 heterocycles. The lowest BCUT2D eigenvalue weighted by molar-refractivity contribution is 0.580. The first kappa shape index (κ1) is 16.1. The van der Waals surface area contributed by atoms with Gasteiger partial charge in [-0.2, -0.15) is 0 Å². The lowest BCUT2D eigenvalue weighted by Gasteiger charge is -2.16. The van der Waals surface area contributed by atoms with Gasteiger partial charge in [-0.15, -0.1) is 0 Å². The molecule has 0 fully saturated rings. The van der Waals surface area contributed by atoms with Crippen LogP contribution in [0.15, 0.2) is 41.3 Å². The summed E-state index contributed by atoms with van der Waals surface area (Å²) < 4.78 is 40.8. The van der Waals surface area contributed by atoms with Crippen molar-refractivity contribution in [2.45, 2.75) is 44.0 Å². The van der Waals surface area contributed by atoms with Gasteiger partial charge in [0.15, 0.2) is 0 Å². The number of benzene rings is 2. The van der Waals surface area contributed by atoms with E-state index in [1.807, 2.05) is 6.07 Å². The highest BCUT2D eigenvalue weighted by Crippen LogP contribution is 2.24. The summed E-state index contributed by atoms with van der Waals surface area (Å²) in [6.07, 6.45) is 4.24. The van der Waals surface area contributed by atoms with Crippen LogP contribution in [-0.2, 0) is 29.4 Å². The molecule has 0 saturated heterocycles. The molecule has 0 radical (unpaired) electrons. The van der Waals surface area contributed by atoms with Crippen molar-refractivity contribution in [1.82, 2.24) is 4.72 Å². The minimum Gasteiger partial charge on any atom is -0.207 e. The molecule has 0 saturated carbocycles. The van der Waals surface area contributed by atoms with Crippen LogP contribution in [-0.4, -0.2) is 8.42 Å². The second-order valence-electron chi connectivity index (χ2n) is 6.05. The van der Waals surface area contributed by atoms with E-state index in [4.69, 9.17) is 0 Å². The van der Waals surface area contributed by atoms with E-state index in [9.17, 15) is 12.8 Å². The molecule has 3 rings (SSSR count). The zero-order chi connectivity index (χ0) is 16.4. The molecule has 23 heavy (non-hydrogen) atoms. The number of hydrogen-bond acceptors (Lipinski definition) is 2. The fourth-order valence-electron chi connectivity index (χ4n) is 2.96. The predicted octanol–water partition coefficient (Wildman–Crippen LogP) is 3.49. The van der Waals surface area contributed by atoms with Crippen molar-refractivity contribution in [3.63, 3.8) is 0 Å².